The molecule has 1 aliphatic heterocycles. The lowest BCUT2D eigenvalue weighted by Gasteiger charge is -2.05. The van der Waals surface area contributed by atoms with Gasteiger partial charge >= 0.3 is 0 Å². The summed E-state index contributed by atoms with van der Waals surface area (Å²) < 4.78 is 12.4. The zero-order valence-electron chi connectivity index (χ0n) is 9.28. The minimum atomic E-state index is 0.262. The number of hydrogen-bond donors (Lipinski definition) is 0. The second-order valence-electron chi connectivity index (χ2n) is 3.90. The third-order valence-corrected chi connectivity index (χ3v) is 2.87. The van der Waals surface area contributed by atoms with Crippen molar-refractivity contribution < 1.29 is 9.47 Å². The summed E-state index contributed by atoms with van der Waals surface area (Å²) in [5, 5.41) is 6.08. The van der Waals surface area contributed by atoms with E-state index in [1.54, 1.807) is 17.2 Å². The first-order valence-corrected chi connectivity index (χ1v) is 5.45. The van der Waals surface area contributed by atoms with E-state index < -0.39 is 0 Å². The average molecular weight is 240 g/mol. The first kappa shape index (κ1) is 9.41. The molecule has 88 valence electrons. The van der Waals surface area contributed by atoms with Crippen molar-refractivity contribution in [2.75, 3.05) is 6.79 Å². The highest BCUT2D eigenvalue weighted by Gasteiger charge is 2.16. The van der Waals surface area contributed by atoms with Crippen LogP contribution in [0.3, 0.4) is 0 Å². The van der Waals surface area contributed by atoms with Crippen molar-refractivity contribution in [3.63, 3.8) is 0 Å². The fourth-order valence-corrected chi connectivity index (χ4v) is 2.05. The molecule has 0 unspecified atom stereocenters. The maximum atomic E-state index is 5.38. The molecule has 2 aromatic heterocycles. The second-order valence-corrected chi connectivity index (χ2v) is 3.90. The van der Waals surface area contributed by atoms with Gasteiger partial charge in [-0.05, 0) is 23.6 Å². The van der Waals surface area contributed by atoms with Crippen molar-refractivity contribution in [3.8, 4) is 17.3 Å². The van der Waals surface area contributed by atoms with Crippen LogP contribution in [-0.2, 0) is 0 Å². The summed E-state index contributed by atoms with van der Waals surface area (Å²) in [6.45, 7) is 0.262. The molecule has 0 bridgehead atoms. The Morgan fingerprint density at radius 2 is 2.06 bits per heavy atom. The maximum absolute atomic E-state index is 5.38. The predicted molar refractivity (Wildman–Crippen MR) is 62.8 cm³/mol. The minimum absolute atomic E-state index is 0.262. The van der Waals surface area contributed by atoms with Crippen LogP contribution in [0.5, 0.6) is 11.5 Å². The van der Waals surface area contributed by atoms with Crippen molar-refractivity contribution in [2.24, 2.45) is 0 Å². The number of pyridine rings is 1. The van der Waals surface area contributed by atoms with Gasteiger partial charge in [-0.3, -0.25) is 0 Å². The number of benzene rings is 1. The van der Waals surface area contributed by atoms with Gasteiger partial charge in [-0.1, -0.05) is 0 Å². The van der Waals surface area contributed by atoms with Gasteiger partial charge < -0.3 is 9.47 Å². The number of ether oxygens (including phenoxy) is 2. The van der Waals surface area contributed by atoms with Crippen LogP contribution in [-0.4, -0.2) is 26.5 Å². The molecule has 0 aliphatic carbocycles. The summed E-state index contributed by atoms with van der Waals surface area (Å²) in [6.07, 6.45) is 4.83. The Hall–Kier alpha value is -2.63. The standard InChI is InChI=1S/C12H8N4O2/c1-2-14-12(16-6-13-5-15-16)9-4-11-10(3-8(1)9)17-7-18-11/h1-6H,7H2. The zero-order valence-corrected chi connectivity index (χ0v) is 9.28. The lowest BCUT2D eigenvalue weighted by atomic mass is 10.1. The summed E-state index contributed by atoms with van der Waals surface area (Å²) >= 11 is 0. The minimum Gasteiger partial charge on any atom is -0.454 e. The summed E-state index contributed by atoms with van der Waals surface area (Å²) in [7, 11) is 0. The van der Waals surface area contributed by atoms with Gasteiger partial charge in [0.1, 0.15) is 12.7 Å². The van der Waals surface area contributed by atoms with Gasteiger partial charge in [0.05, 0.1) is 0 Å². The molecule has 4 rings (SSSR count). The third-order valence-electron chi connectivity index (χ3n) is 2.87. The van der Waals surface area contributed by atoms with Crippen LogP contribution in [0, 0.1) is 0 Å². The molecule has 18 heavy (non-hydrogen) atoms. The third kappa shape index (κ3) is 1.26. The molecule has 0 spiro atoms. The molecule has 3 heterocycles. The molecule has 0 saturated heterocycles. The SMILES string of the molecule is c1cc2cc3c(cc2c(-n2cncn2)n1)OCO3. The summed E-state index contributed by atoms with van der Waals surface area (Å²) in [5.41, 5.74) is 0. The van der Waals surface area contributed by atoms with E-state index in [4.69, 9.17) is 9.47 Å². The van der Waals surface area contributed by atoms with Gasteiger partial charge in [0.15, 0.2) is 17.3 Å². The van der Waals surface area contributed by atoms with Crippen molar-refractivity contribution in [1.29, 1.82) is 0 Å². The molecule has 1 aliphatic rings. The Labute approximate surface area is 102 Å². The van der Waals surface area contributed by atoms with Crippen LogP contribution >= 0.6 is 0 Å². The highest BCUT2D eigenvalue weighted by Crippen LogP contribution is 2.37. The number of fused-ring (bicyclic) bond motifs is 2. The van der Waals surface area contributed by atoms with E-state index in [1.165, 1.54) is 6.33 Å². The average Bonchev–Trinajstić information content (AvgIpc) is 3.06. The van der Waals surface area contributed by atoms with Gasteiger partial charge in [-0.2, -0.15) is 5.10 Å². The van der Waals surface area contributed by atoms with Crippen molar-refractivity contribution in [2.45, 2.75) is 0 Å². The fraction of sp³-hybridized carbons (Fsp3) is 0.0833. The molecule has 1 aromatic carbocycles. The van der Waals surface area contributed by atoms with E-state index in [1.807, 2.05) is 18.2 Å². The van der Waals surface area contributed by atoms with Gasteiger partial charge in [-0.15, -0.1) is 0 Å². The van der Waals surface area contributed by atoms with E-state index in [2.05, 4.69) is 15.1 Å². The second kappa shape index (κ2) is 3.43. The molecule has 6 heteroatoms. The lowest BCUT2D eigenvalue weighted by molar-refractivity contribution is 0.174. The zero-order chi connectivity index (χ0) is 11.9. The van der Waals surface area contributed by atoms with Crippen molar-refractivity contribution in [3.05, 3.63) is 37.1 Å². The molecule has 0 fully saturated rings. The number of nitrogens with zero attached hydrogens (tertiary/aromatic N) is 4. The van der Waals surface area contributed by atoms with E-state index in [0.29, 0.717) is 0 Å². The normalized spacial score (nSPS) is 13.1. The van der Waals surface area contributed by atoms with E-state index >= 15 is 0 Å². The molecule has 0 radical (unpaired) electrons. The van der Waals surface area contributed by atoms with Gasteiger partial charge in [0, 0.05) is 11.6 Å². The molecular formula is C12H8N4O2. The Morgan fingerprint density at radius 1 is 1.17 bits per heavy atom. The molecule has 0 atom stereocenters. The van der Waals surface area contributed by atoms with E-state index in [9.17, 15) is 0 Å². The van der Waals surface area contributed by atoms with Crippen LogP contribution in [0.15, 0.2) is 37.1 Å². The topological polar surface area (TPSA) is 62.1 Å². The Kier molecular flexibility index (Phi) is 1.79. The van der Waals surface area contributed by atoms with E-state index in [-0.39, 0.29) is 6.79 Å². The van der Waals surface area contributed by atoms with E-state index in [0.717, 1.165) is 28.1 Å². The molecule has 3 aromatic rings. The molecule has 0 amide bonds. The Morgan fingerprint density at radius 3 is 2.89 bits per heavy atom. The lowest BCUT2D eigenvalue weighted by Crippen LogP contribution is -1.98. The Bertz CT molecular complexity index is 724. The monoisotopic (exact) mass is 240 g/mol. The fourth-order valence-electron chi connectivity index (χ4n) is 2.05. The first-order valence-electron chi connectivity index (χ1n) is 5.45. The quantitative estimate of drug-likeness (QED) is 0.645. The van der Waals surface area contributed by atoms with Crippen LogP contribution in [0.25, 0.3) is 16.6 Å². The van der Waals surface area contributed by atoms with Gasteiger partial charge in [0.2, 0.25) is 6.79 Å². The van der Waals surface area contributed by atoms with Crippen LogP contribution in [0.1, 0.15) is 0 Å². The van der Waals surface area contributed by atoms with Gasteiger partial charge in [0.25, 0.3) is 0 Å². The number of rotatable bonds is 1. The molecule has 0 N–H and O–H groups in total. The first-order chi connectivity index (χ1) is 8.92. The van der Waals surface area contributed by atoms with Crippen LogP contribution in [0.2, 0.25) is 0 Å². The summed E-state index contributed by atoms with van der Waals surface area (Å²) in [4.78, 5) is 8.27. The summed E-state index contributed by atoms with van der Waals surface area (Å²) in [6, 6.07) is 5.79. The molecule has 0 saturated carbocycles. The van der Waals surface area contributed by atoms with Gasteiger partial charge in [-0.25, -0.2) is 14.6 Å². The summed E-state index contributed by atoms with van der Waals surface area (Å²) in [5.74, 6) is 2.22. The maximum Gasteiger partial charge on any atom is 0.231 e. The highest BCUT2D eigenvalue weighted by molar-refractivity contribution is 5.91. The highest BCUT2D eigenvalue weighted by atomic mass is 16.7. The molecular weight excluding hydrogens is 232 g/mol. The number of hydrogen-bond acceptors (Lipinski definition) is 5. The van der Waals surface area contributed by atoms with Crippen molar-refractivity contribution in [1.82, 2.24) is 19.7 Å². The number of aromatic nitrogens is 4. The Balaban J connectivity index is 2.04. The largest absolute Gasteiger partial charge is 0.454 e. The smallest absolute Gasteiger partial charge is 0.231 e. The van der Waals surface area contributed by atoms with Crippen LogP contribution < -0.4 is 9.47 Å². The van der Waals surface area contributed by atoms with Crippen molar-refractivity contribution >= 4 is 10.8 Å². The van der Waals surface area contributed by atoms with Crippen LogP contribution in [0.4, 0.5) is 0 Å². The predicted octanol–water partition coefficient (Wildman–Crippen LogP) is 1.54. The molecule has 6 nitrogen and oxygen atoms in total.